The zero-order valence-corrected chi connectivity index (χ0v) is 11.0. The van der Waals surface area contributed by atoms with Gasteiger partial charge in [0.15, 0.2) is 0 Å². The number of amides is 2. The van der Waals surface area contributed by atoms with Gasteiger partial charge in [0.1, 0.15) is 0 Å². The first-order valence-electron chi connectivity index (χ1n) is 6.53. The van der Waals surface area contributed by atoms with Crippen LogP contribution in [0.4, 0.5) is 5.69 Å². The molecule has 1 aliphatic rings. The summed E-state index contributed by atoms with van der Waals surface area (Å²) in [7, 11) is 0. The summed E-state index contributed by atoms with van der Waals surface area (Å²) in [5, 5.41) is 6.06. The number of nitrogens with one attached hydrogen (secondary N) is 2. The van der Waals surface area contributed by atoms with Crippen LogP contribution in [0.2, 0.25) is 0 Å². The van der Waals surface area contributed by atoms with Crippen molar-refractivity contribution in [2.45, 2.75) is 32.2 Å². The minimum absolute atomic E-state index is 0.0515. The molecule has 5 nitrogen and oxygen atoms in total. The summed E-state index contributed by atoms with van der Waals surface area (Å²) in [6.45, 7) is 2.66. The Kier molecular flexibility index (Phi) is 4.16. The fourth-order valence-electron chi connectivity index (χ4n) is 2.33. The molecular weight excluding hydrogens is 242 g/mol. The largest absolute Gasteiger partial charge is 0.366 e. The highest BCUT2D eigenvalue weighted by molar-refractivity contribution is 5.99. The highest BCUT2D eigenvalue weighted by Crippen LogP contribution is 2.19. The van der Waals surface area contributed by atoms with Gasteiger partial charge in [0.05, 0.1) is 6.04 Å². The van der Waals surface area contributed by atoms with Crippen molar-refractivity contribution in [3.8, 4) is 0 Å². The lowest BCUT2D eigenvalue weighted by atomic mass is 10.0. The van der Waals surface area contributed by atoms with Gasteiger partial charge in [-0.15, -0.1) is 0 Å². The van der Waals surface area contributed by atoms with Crippen LogP contribution in [0.5, 0.6) is 0 Å². The maximum Gasteiger partial charge on any atom is 0.249 e. The second-order valence-electron chi connectivity index (χ2n) is 4.83. The van der Waals surface area contributed by atoms with Gasteiger partial charge in [-0.2, -0.15) is 0 Å². The first kappa shape index (κ1) is 13.5. The van der Waals surface area contributed by atoms with Crippen molar-refractivity contribution >= 4 is 17.5 Å². The van der Waals surface area contributed by atoms with E-state index < -0.39 is 5.91 Å². The molecule has 0 aromatic heterocycles. The standard InChI is InChI=1S/C14H19N3O2/c1-9-10(13(15)18)5-4-7-11(9)17-14(19)12-6-2-3-8-16-12/h4-5,7,12,16H,2-3,6,8H2,1H3,(H2,15,18)(H,17,19). The van der Waals surface area contributed by atoms with E-state index in [1.807, 2.05) is 0 Å². The van der Waals surface area contributed by atoms with Crippen LogP contribution in [0, 0.1) is 6.92 Å². The molecular formula is C14H19N3O2. The van der Waals surface area contributed by atoms with Crippen molar-refractivity contribution in [3.05, 3.63) is 29.3 Å². The smallest absolute Gasteiger partial charge is 0.249 e. The molecule has 1 atom stereocenters. The van der Waals surface area contributed by atoms with E-state index >= 15 is 0 Å². The normalized spacial score (nSPS) is 18.9. The van der Waals surface area contributed by atoms with Gasteiger partial charge in [0.2, 0.25) is 11.8 Å². The molecule has 0 spiro atoms. The van der Waals surface area contributed by atoms with Crippen molar-refractivity contribution in [3.63, 3.8) is 0 Å². The van der Waals surface area contributed by atoms with Gasteiger partial charge in [0.25, 0.3) is 0 Å². The van der Waals surface area contributed by atoms with Crippen LogP contribution in [0.15, 0.2) is 18.2 Å². The van der Waals surface area contributed by atoms with Crippen LogP contribution in [-0.4, -0.2) is 24.4 Å². The minimum Gasteiger partial charge on any atom is -0.366 e. The maximum absolute atomic E-state index is 12.1. The van der Waals surface area contributed by atoms with Gasteiger partial charge in [-0.05, 0) is 44.0 Å². The zero-order valence-electron chi connectivity index (χ0n) is 11.0. The third-order valence-corrected chi connectivity index (χ3v) is 3.48. The first-order valence-corrected chi connectivity index (χ1v) is 6.53. The van der Waals surface area contributed by atoms with Crippen LogP contribution in [-0.2, 0) is 4.79 Å². The minimum atomic E-state index is -0.482. The lowest BCUT2D eigenvalue weighted by Crippen LogP contribution is -2.43. The Hall–Kier alpha value is -1.88. The number of piperidine rings is 1. The molecule has 1 fully saturated rings. The highest BCUT2D eigenvalue weighted by Gasteiger charge is 2.21. The number of carbonyl (C=O) groups is 2. The van der Waals surface area contributed by atoms with Crippen molar-refractivity contribution < 1.29 is 9.59 Å². The van der Waals surface area contributed by atoms with Crippen LogP contribution >= 0.6 is 0 Å². The predicted molar refractivity (Wildman–Crippen MR) is 74.0 cm³/mol. The van der Waals surface area contributed by atoms with Crippen molar-refractivity contribution in [2.75, 3.05) is 11.9 Å². The fraction of sp³-hybridized carbons (Fsp3) is 0.429. The molecule has 2 amide bonds. The van der Waals surface area contributed by atoms with Crippen molar-refractivity contribution in [2.24, 2.45) is 5.73 Å². The molecule has 1 aliphatic heterocycles. The summed E-state index contributed by atoms with van der Waals surface area (Å²) in [4.78, 5) is 23.4. The molecule has 1 aromatic carbocycles. The molecule has 2 rings (SSSR count). The van der Waals surface area contributed by atoms with Gasteiger partial charge in [-0.1, -0.05) is 12.5 Å². The van der Waals surface area contributed by atoms with E-state index in [4.69, 9.17) is 5.73 Å². The second-order valence-corrected chi connectivity index (χ2v) is 4.83. The third-order valence-electron chi connectivity index (χ3n) is 3.48. The average Bonchev–Trinajstić information content (AvgIpc) is 2.41. The molecule has 5 heteroatoms. The molecule has 0 bridgehead atoms. The Labute approximate surface area is 112 Å². The molecule has 1 saturated heterocycles. The predicted octanol–water partition coefficient (Wildman–Crippen LogP) is 1.17. The van der Waals surface area contributed by atoms with Gasteiger partial charge >= 0.3 is 0 Å². The topological polar surface area (TPSA) is 84.2 Å². The van der Waals surface area contributed by atoms with E-state index in [-0.39, 0.29) is 11.9 Å². The summed E-state index contributed by atoms with van der Waals surface area (Å²) < 4.78 is 0. The number of benzene rings is 1. The van der Waals surface area contributed by atoms with E-state index in [1.54, 1.807) is 25.1 Å². The number of rotatable bonds is 3. The number of nitrogens with two attached hydrogens (primary N) is 1. The van der Waals surface area contributed by atoms with Gasteiger partial charge in [0, 0.05) is 11.3 Å². The number of hydrogen-bond acceptors (Lipinski definition) is 3. The second kappa shape index (κ2) is 5.84. The summed E-state index contributed by atoms with van der Waals surface area (Å²) in [5.41, 5.74) is 7.09. The van der Waals surface area contributed by atoms with E-state index in [0.29, 0.717) is 16.8 Å². The maximum atomic E-state index is 12.1. The molecule has 4 N–H and O–H groups in total. The fourth-order valence-corrected chi connectivity index (χ4v) is 2.33. The quantitative estimate of drug-likeness (QED) is 0.763. The SMILES string of the molecule is Cc1c(NC(=O)C2CCCCN2)cccc1C(N)=O. The molecule has 0 saturated carbocycles. The zero-order chi connectivity index (χ0) is 13.8. The van der Waals surface area contributed by atoms with E-state index in [0.717, 1.165) is 25.8 Å². The molecule has 19 heavy (non-hydrogen) atoms. The Bertz CT molecular complexity index is 493. The van der Waals surface area contributed by atoms with Crippen LogP contribution in [0.1, 0.15) is 35.2 Å². The summed E-state index contributed by atoms with van der Waals surface area (Å²) in [6.07, 6.45) is 3.02. The van der Waals surface area contributed by atoms with Crippen LogP contribution < -0.4 is 16.4 Å². The Balaban J connectivity index is 2.12. The highest BCUT2D eigenvalue weighted by atomic mass is 16.2. The number of primary amides is 1. The number of hydrogen-bond donors (Lipinski definition) is 3. The Morgan fingerprint density at radius 1 is 1.37 bits per heavy atom. The van der Waals surface area contributed by atoms with E-state index in [9.17, 15) is 9.59 Å². The Morgan fingerprint density at radius 3 is 2.79 bits per heavy atom. The third kappa shape index (κ3) is 3.12. The lowest BCUT2D eigenvalue weighted by Gasteiger charge is -2.23. The summed E-state index contributed by atoms with van der Waals surface area (Å²) in [6, 6.07) is 5.01. The molecule has 0 aliphatic carbocycles. The number of carbonyl (C=O) groups excluding carboxylic acids is 2. The summed E-state index contributed by atoms with van der Waals surface area (Å²) >= 11 is 0. The van der Waals surface area contributed by atoms with E-state index in [1.165, 1.54) is 0 Å². The van der Waals surface area contributed by atoms with Crippen LogP contribution in [0.25, 0.3) is 0 Å². The molecule has 1 heterocycles. The van der Waals surface area contributed by atoms with E-state index in [2.05, 4.69) is 10.6 Å². The molecule has 102 valence electrons. The lowest BCUT2D eigenvalue weighted by molar-refractivity contribution is -0.118. The number of anilines is 1. The first-order chi connectivity index (χ1) is 9.09. The van der Waals surface area contributed by atoms with Gasteiger partial charge in [-0.25, -0.2) is 0 Å². The van der Waals surface area contributed by atoms with Gasteiger partial charge in [-0.3, -0.25) is 9.59 Å². The monoisotopic (exact) mass is 261 g/mol. The van der Waals surface area contributed by atoms with Crippen LogP contribution in [0.3, 0.4) is 0 Å². The molecule has 1 unspecified atom stereocenters. The van der Waals surface area contributed by atoms with Gasteiger partial charge < -0.3 is 16.4 Å². The Morgan fingerprint density at radius 2 is 2.16 bits per heavy atom. The molecule has 0 radical (unpaired) electrons. The summed E-state index contributed by atoms with van der Waals surface area (Å²) in [5.74, 6) is -0.534. The molecule has 1 aromatic rings. The van der Waals surface area contributed by atoms with Crippen molar-refractivity contribution in [1.82, 2.24) is 5.32 Å². The van der Waals surface area contributed by atoms with Crippen molar-refractivity contribution in [1.29, 1.82) is 0 Å². The average molecular weight is 261 g/mol.